The number of aryl methyl sites for hydroxylation is 1. The molecule has 0 aliphatic heterocycles. The van der Waals surface area contributed by atoms with Crippen molar-refractivity contribution in [2.45, 2.75) is 26.7 Å². The molecule has 0 radical (unpaired) electrons. The van der Waals surface area contributed by atoms with Crippen LogP contribution < -0.4 is 5.32 Å². The maximum absolute atomic E-state index is 13.3. The van der Waals surface area contributed by atoms with Crippen LogP contribution in [0.4, 0.5) is 15.9 Å². The summed E-state index contributed by atoms with van der Waals surface area (Å²) in [6.45, 7) is 5.90. The van der Waals surface area contributed by atoms with E-state index in [0.29, 0.717) is 16.1 Å². The van der Waals surface area contributed by atoms with Crippen LogP contribution in [0.2, 0.25) is 0 Å². The van der Waals surface area contributed by atoms with Crippen LogP contribution in [-0.4, -0.2) is 9.97 Å². The smallest absolute Gasteiger partial charge is 0.135 e. The fourth-order valence-electron chi connectivity index (χ4n) is 1.71. The van der Waals surface area contributed by atoms with Crippen molar-refractivity contribution in [2.75, 3.05) is 5.32 Å². The first-order valence-electron chi connectivity index (χ1n) is 6.03. The average Bonchev–Trinajstić information content (AvgIpc) is 2.26. The van der Waals surface area contributed by atoms with Crippen molar-refractivity contribution in [2.24, 2.45) is 0 Å². The van der Waals surface area contributed by atoms with Gasteiger partial charge in [-0.1, -0.05) is 13.8 Å². The summed E-state index contributed by atoms with van der Waals surface area (Å²) in [5.41, 5.74) is 1.54. The van der Waals surface area contributed by atoms with Gasteiger partial charge in [-0.2, -0.15) is 0 Å². The zero-order valence-electron chi connectivity index (χ0n) is 11.0. The summed E-state index contributed by atoms with van der Waals surface area (Å²) in [7, 11) is 0. The summed E-state index contributed by atoms with van der Waals surface area (Å²) >= 11 is 3.36. The predicted octanol–water partition coefficient (Wildman–Crippen LogP) is 4.55. The molecule has 1 heterocycles. The number of halogens is 2. The lowest BCUT2D eigenvalue weighted by Gasteiger charge is -2.10. The number of nitrogens with one attached hydrogen (secondary N) is 1. The standard InChI is InChI=1S/C14H15BrFN3/c1-8(2)14-18-12(15)7-13(19-14)17-11-5-9(3)4-10(16)6-11/h4-8H,1-3H3,(H,17,18,19). The van der Waals surface area contributed by atoms with Crippen LogP contribution in [0.25, 0.3) is 0 Å². The number of anilines is 2. The van der Waals surface area contributed by atoms with Crippen molar-refractivity contribution in [3.63, 3.8) is 0 Å². The van der Waals surface area contributed by atoms with Gasteiger partial charge in [0.2, 0.25) is 0 Å². The molecule has 5 heteroatoms. The minimum Gasteiger partial charge on any atom is -0.340 e. The van der Waals surface area contributed by atoms with Crippen LogP contribution in [0.1, 0.15) is 31.2 Å². The van der Waals surface area contributed by atoms with E-state index in [4.69, 9.17) is 0 Å². The predicted molar refractivity (Wildman–Crippen MR) is 78.2 cm³/mol. The van der Waals surface area contributed by atoms with E-state index in [0.717, 1.165) is 11.4 Å². The molecule has 0 spiro atoms. The Kier molecular flexibility index (Phi) is 4.14. The molecule has 0 aliphatic rings. The summed E-state index contributed by atoms with van der Waals surface area (Å²) in [6, 6.07) is 6.57. The second-order valence-electron chi connectivity index (χ2n) is 4.73. The molecule has 0 bridgehead atoms. The van der Waals surface area contributed by atoms with Gasteiger partial charge in [-0.25, -0.2) is 14.4 Å². The molecule has 0 amide bonds. The number of rotatable bonds is 3. The third-order valence-corrected chi connectivity index (χ3v) is 2.95. The lowest BCUT2D eigenvalue weighted by Crippen LogP contribution is -2.02. The zero-order valence-corrected chi connectivity index (χ0v) is 12.6. The first-order chi connectivity index (χ1) is 8.94. The number of hydrogen-bond acceptors (Lipinski definition) is 3. The molecular formula is C14H15BrFN3. The van der Waals surface area contributed by atoms with E-state index in [-0.39, 0.29) is 11.7 Å². The Hall–Kier alpha value is -1.49. The van der Waals surface area contributed by atoms with E-state index in [1.807, 2.05) is 26.8 Å². The maximum atomic E-state index is 13.3. The molecule has 0 fully saturated rings. The lowest BCUT2D eigenvalue weighted by atomic mass is 10.2. The summed E-state index contributed by atoms with van der Waals surface area (Å²) in [5, 5.41) is 3.10. The summed E-state index contributed by atoms with van der Waals surface area (Å²) in [6.07, 6.45) is 0. The lowest BCUT2D eigenvalue weighted by molar-refractivity contribution is 0.627. The van der Waals surface area contributed by atoms with Crippen molar-refractivity contribution in [1.29, 1.82) is 0 Å². The minimum atomic E-state index is -0.264. The van der Waals surface area contributed by atoms with Crippen LogP contribution in [-0.2, 0) is 0 Å². The maximum Gasteiger partial charge on any atom is 0.135 e. The number of aromatic nitrogens is 2. The minimum absolute atomic E-state index is 0.229. The highest BCUT2D eigenvalue weighted by Crippen LogP contribution is 2.22. The van der Waals surface area contributed by atoms with Gasteiger partial charge in [0, 0.05) is 17.7 Å². The summed E-state index contributed by atoms with van der Waals surface area (Å²) in [4.78, 5) is 8.71. The number of benzene rings is 1. The van der Waals surface area contributed by atoms with E-state index in [1.54, 1.807) is 6.07 Å². The summed E-state index contributed by atoms with van der Waals surface area (Å²) in [5.74, 6) is 1.35. The van der Waals surface area contributed by atoms with Crippen LogP contribution in [0.15, 0.2) is 28.9 Å². The SMILES string of the molecule is Cc1cc(F)cc(Nc2cc(Br)nc(C(C)C)n2)c1. The molecular weight excluding hydrogens is 309 g/mol. The second-order valence-corrected chi connectivity index (χ2v) is 5.54. The molecule has 19 heavy (non-hydrogen) atoms. The highest BCUT2D eigenvalue weighted by atomic mass is 79.9. The molecule has 0 saturated heterocycles. The van der Waals surface area contributed by atoms with Crippen LogP contribution in [0.5, 0.6) is 0 Å². The molecule has 2 aromatic rings. The Morgan fingerprint density at radius 1 is 1.16 bits per heavy atom. The van der Waals surface area contributed by atoms with Gasteiger partial charge >= 0.3 is 0 Å². The molecule has 1 aromatic heterocycles. The Morgan fingerprint density at radius 3 is 2.53 bits per heavy atom. The van der Waals surface area contributed by atoms with Gasteiger partial charge in [0.15, 0.2) is 0 Å². The Balaban J connectivity index is 2.32. The third-order valence-electron chi connectivity index (χ3n) is 2.54. The van der Waals surface area contributed by atoms with Gasteiger partial charge in [-0.15, -0.1) is 0 Å². The normalized spacial score (nSPS) is 10.8. The van der Waals surface area contributed by atoms with Crippen molar-refractivity contribution >= 4 is 27.4 Å². The molecule has 0 aliphatic carbocycles. The van der Waals surface area contributed by atoms with Gasteiger partial charge < -0.3 is 5.32 Å². The van der Waals surface area contributed by atoms with Crippen LogP contribution >= 0.6 is 15.9 Å². The van der Waals surface area contributed by atoms with Gasteiger partial charge in [0.05, 0.1) is 0 Å². The molecule has 1 N–H and O–H groups in total. The van der Waals surface area contributed by atoms with Gasteiger partial charge in [0.1, 0.15) is 22.1 Å². The van der Waals surface area contributed by atoms with E-state index < -0.39 is 0 Å². The highest BCUT2D eigenvalue weighted by molar-refractivity contribution is 9.10. The average molecular weight is 324 g/mol. The number of nitrogens with zero attached hydrogens (tertiary/aromatic N) is 2. The van der Waals surface area contributed by atoms with E-state index in [2.05, 4.69) is 31.2 Å². The van der Waals surface area contributed by atoms with Gasteiger partial charge in [0.25, 0.3) is 0 Å². The molecule has 100 valence electrons. The molecule has 3 nitrogen and oxygen atoms in total. The fourth-order valence-corrected chi connectivity index (χ4v) is 2.11. The monoisotopic (exact) mass is 323 g/mol. The van der Waals surface area contributed by atoms with Crippen LogP contribution in [0.3, 0.4) is 0 Å². The van der Waals surface area contributed by atoms with E-state index in [1.165, 1.54) is 12.1 Å². The van der Waals surface area contributed by atoms with Crippen molar-refractivity contribution < 1.29 is 4.39 Å². The van der Waals surface area contributed by atoms with Gasteiger partial charge in [-0.3, -0.25) is 0 Å². The first-order valence-corrected chi connectivity index (χ1v) is 6.82. The Morgan fingerprint density at radius 2 is 1.89 bits per heavy atom. The van der Waals surface area contributed by atoms with Crippen LogP contribution in [0, 0.1) is 12.7 Å². The molecule has 0 saturated carbocycles. The molecule has 2 rings (SSSR count). The number of hydrogen-bond donors (Lipinski definition) is 1. The molecule has 0 unspecified atom stereocenters. The molecule has 0 atom stereocenters. The topological polar surface area (TPSA) is 37.8 Å². The second kappa shape index (κ2) is 5.65. The van der Waals surface area contributed by atoms with Crippen molar-refractivity contribution in [3.8, 4) is 0 Å². The molecule has 1 aromatic carbocycles. The fraction of sp³-hybridized carbons (Fsp3) is 0.286. The van der Waals surface area contributed by atoms with Gasteiger partial charge in [-0.05, 0) is 46.6 Å². The van der Waals surface area contributed by atoms with Crippen molar-refractivity contribution in [3.05, 3.63) is 46.1 Å². The van der Waals surface area contributed by atoms with Crippen molar-refractivity contribution in [1.82, 2.24) is 9.97 Å². The summed E-state index contributed by atoms with van der Waals surface area (Å²) < 4.78 is 14.0. The van der Waals surface area contributed by atoms with E-state index in [9.17, 15) is 4.39 Å². The largest absolute Gasteiger partial charge is 0.340 e. The zero-order chi connectivity index (χ0) is 14.0. The third kappa shape index (κ3) is 3.73. The van der Waals surface area contributed by atoms with E-state index >= 15 is 0 Å². The quantitative estimate of drug-likeness (QED) is 0.842. The Bertz CT molecular complexity index is 579. The first kappa shape index (κ1) is 13.9. The Labute approximate surface area is 120 Å². The highest BCUT2D eigenvalue weighted by Gasteiger charge is 2.07.